The van der Waals surface area contributed by atoms with Gasteiger partial charge in [0.05, 0.1) is 13.1 Å². The summed E-state index contributed by atoms with van der Waals surface area (Å²) in [4.78, 5) is 1.83. The van der Waals surface area contributed by atoms with Gasteiger partial charge >= 0.3 is 0 Å². The molecule has 0 aromatic rings. The topological polar surface area (TPSA) is 15.3 Å². The van der Waals surface area contributed by atoms with Crippen molar-refractivity contribution in [2.75, 3.05) is 13.1 Å². The number of likely N-dealkylation sites (tertiary alicyclic amines) is 1. The number of thiocarbonyl (C=S) groups is 1. The van der Waals surface area contributed by atoms with Gasteiger partial charge in [-0.05, 0) is 26.1 Å². The van der Waals surface area contributed by atoms with Crippen LogP contribution in [0.2, 0.25) is 0 Å². The predicted molar refractivity (Wildman–Crippen MR) is 47.3 cm³/mol. The van der Waals surface area contributed by atoms with Crippen LogP contribution in [0, 0.1) is 0 Å². The maximum Gasteiger partial charge on any atom is 0.169 e. The Hall–Kier alpha value is -0.380. The molecule has 0 unspecified atom stereocenters. The SMILES string of the molecule is CC(C)NC(=S)N1CC(F)C1. The van der Waals surface area contributed by atoms with Crippen molar-refractivity contribution in [2.45, 2.75) is 26.1 Å². The first-order chi connectivity index (χ1) is 5.09. The average Bonchev–Trinajstić information content (AvgIpc) is 1.79. The lowest BCUT2D eigenvalue weighted by Gasteiger charge is -2.37. The van der Waals surface area contributed by atoms with Crippen LogP contribution in [-0.4, -0.2) is 35.3 Å². The molecule has 4 heteroatoms. The van der Waals surface area contributed by atoms with Crippen molar-refractivity contribution in [3.8, 4) is 0 Å². The summed E-state index contributed by atoms with van der Waals surface area (Å²) in [5.41, 5.74) is 0. The van der Waals surface area contributed by atoms with Crippen molar-refractivity contribution < 1.29 is 4.39 Å². The van der Waals surface area contributed by atoms with Crippen LogP contribution in [0.4, 0.5) is 4.39 Å². The number of nitrogens with zero attached hydrogens (tertiary/aromatic N) is 1. The van der Waals surface area contributed by atoms with E-state index in [1.807, 2.05) is 18.7 Å². The molecule has 11 heavy (non-hydrogen) atoms. The molecular weight excluding hydrogens is 163 g/mol. The molecule has 0 bridgehead atoms. The van der Waals surface area contributed by atoms with Crippen LogP contribution in [0.5, 0.6) is 0 Å². The Morgan fingerprint density at radius 2 is 2.18 bits per heavy atom. The average molecular weight is 176 g/mol. The van der Waals surface area contributed by atoms with E-state index >= 15 is 0 Å². The fraction of sp³-hybridized carbons (Fsp3) is 0.857. The molecule has 1 aliphatic heterocycles. The molecule has 1 N–H and O–H groups in total. The fourth-order valence-electron chi connectivity index (χ4n) is 0.929. The van der Waals surface area contributed by atoms with E-state index in [1.54, 1.807) is 0 Å². The summed E-state index contributed by atoms with van der Waals surface area (Å²) in [5, 5.41) is 3.73. The minimum absolute atomic E-state index is 0.334. The minimum Gasteiger partial charge on any atom is -0.360 e. The quantitative estimate of drug-likeness (QED) is 0.598. The van der Waals surface area contributed by atoms with E-state index in [0.29, 0.717) is 24.2 Å². The van der Waals surface area contributed by atoms with Gasteiger partial charge in [0.15, 0.2) is 5.11 Å². The van der Waals surface area contributed by atoms with Gasteiger partial charge in [0, 0.05) is 6.04 Å². The van der Waals surface area contributed by atoms with Gasteiger partial charge in [-0.3, -0.25) is 0 Å². The molecule has 1 heterocycles. The van der Waals surface area contributed by atoms with E-state index < -0.39 is 6.17 Å². The first-order valence-corrected chi connectivity index (χ1v) is 4.20. The zero-order chi connectivity index (χ0) is 8.43. The number of hydrogen-bond acceptors (Lipinski definition) is 1. The largest absolute Gasteiger partial charge is 0.360 e. The molecule has 0 amide bonds. The first-order valence-electron chi connectivity index (χ1n) is 3.79. The van der Waals surface area contributed by atoms with E-state index in [4.69, 9.17) is 12.2 Å². The van der Waals surface area contributed by atoms with Gasteiger partial charge in [0.2, 0.25) is 0 Å². The molecule has 1 aliphatic rings. The third-order valence-electron chi connectivity index (χ3n) is 1.54. The highest BCUT2D eigenvalue weighted by molar-refractivity contribution is 7.80. The highest BCUT2D eigenvalue weighted by Crippen LogP contribution is 2.10. The molecule has 0 atom stereocenters. The summed E-state index contributed by atoms with van der Waals surface area (Å²) < 4.78 is 12.3. The summed E-state index contributed by atoms with van der Waals surface area (Å²) >= 11 is 5.00. The molecule has 0 aromatic carbocycles. The van der Waals surface area contributed by atoms with Crippen LogP contribution in [0.3, 0.4) is 0 Å². The molecule has 0 spiro atoms. The number of halogens is 1. The lowest BCUT2D eigenvalue weighted by atomic mass is 10.2. The number of hydrogen-bond donors (Lipinski definition) is 1. The van der Waals surface area contributed by atoms with E-state index in [9.17, 15) is 4.39 Å². The van der Waals surface area contributed by atoms with Crippen molar-refractivity contribution in [3.05, 3.63) is 0 Å². The maximum atomic E-state index is 12.3. The maximum absolute atomic E-state index is 12.3. The minimum atomic E-state index is -0.679. The zero-order valence-electron chi connectivity index (χ0n) is 6.80. The zero-order valence-corrected chi connectivity index (χ0v) is 7.62. The summed E-state index contributed by atoms with van der Waals surface area (Å²) in [6.45, 7) is 4.94. The van der Waals surface area contributed by atoms with Crippen LogP contribution in [0.25, 0.3) is 0 Å². The van der Waals surface area contributed by atoms with Gasteiger partial charge in [0.25, 0.3) is 0 Å². The molecule has 1 rings (SSSR count). The lowest BCUT2D eigenvalue weighted by Crippen LogP contribution is -2.55. The summed E-state index contributed by atoms with van der Waals surface area (Å²) in [6, 6.07) is 0.334. The van der Waals surface area contributed by atoms with E-state index in [-0.39, 0.29) is 0 Å². The smallest absolute Gasteiger partial charge is 0.169 e. The molecule has 64 valence electrons. The van der Waals surface area contributed by atoms with Gasteiger partial charge in [-0.2, -0.15) is 0 Å². The van der Waals surface area contributed by atoms with Crippen LogP contribution >= 0.6 is 12.2 Å². The lowest BCUT2D eigenvalue weighted by molar-refractivity contribution is 0.129. The third kappa shape index (κ3) is 2.29. The summed E-state index contributed by atoms with van der Waals surface area (Å²) in [6.07, 6.45) is -0.679. The Labute approximate surface area is 71.8 Å². The van der Waals surface area contributed by atoms with E-state index in [0.717, 1.165) is 0 Å². The Kier molecular flexibility index (Phi) is 2.65. The molecule has 0 radical (unpaired) electrons. The highest BCUT2D eigenvalue weighted by atomic mass is 32.1. The predicted octanol–water partition coefficient (Wildman–Crippen LogP) is 0.923. The first kappa shape index (κ1) is 8.71. The molecule has 0 aliphatic carbocycles. The third-order valence-corrected chi connectivity index (χ3v) is 1.91. The van der Waals surface area contributed by atoms with Crippen LogP contribution < -0.4 is 5.32 Å². The van der Waals surface area contributed by atoms with Crippen molar-refractivity contribution in [3.63, 3.8) is 0 Å². The molecule has 1 fully saturated rings. The van der Waals surface area contributed by atoms with Gasteiger partial charge < -0.3 is 10.2 Å². The van der Waals surface area contributed by atoms with Crippen LogP contribution in [-0.2, 0) is 0 Å². The fourth-order valence-corrected chi connectivity index (χ4v) is 1.31. The summed E-state index contributed by atoms with van der Waals surface area (Å²) in [5.74, 6) is 0. The standard InChI is InChI=1S/C7H13FN2S/c1-5(2)9-7(11)10-3-6(8)4-10/h5-6H,3-4H2,1-2H3,(H,9,11). The highest BCUT2D eigenvalue weighted by Gasteiger charge is 2.27. The monoisotopic (exact) mass is 176 g/mol. The van der Waals surface area contributed by atoms with Crippen LogP contribution in [0.1, 0.15) is 13.8 Å². The van der Waals surface area contributed by atoms with E-state index in [2.05, 4.69) is 5.32 Å². The van der Waals surface area contributed by atoms with Crippen molar-refractivity contribution in [2.24, 2.45) is 0 Å². The Balaban J connectivity index is 2.21. The number of rotatable bonds is 1. The second-order valence-corrected chi connectivity index (χ2v) is 3.49. The summed E-state index contributed by atoms with van der Waals surface area (Å²) in [7, 11) is 0. The van der Waals surface area contributed by atoms with Crippen molar-refractivity contribution in [1.82, 2.24) is 10.2 Å². The number of nitrogens with one attached hydrogen (secondary N) is 1. The molecule has 2 nitrogen and oxygen atoms in total. The van der Waals surface area contributed by atoms with Gasteiger partial charge in [-0.25, -0.2) is 4.39 Å². The van der Waals surface area contributed by atoms with Crippen molar-refractivity contribution >= 4 is 17.3 Å². The Bertz CT molecular complexity index is 155. The molecule has 1 saturated heterocycles. The van der Waals surface area contributed by atoms with Crippen molar-refractivity contribution in [1.29, 1.82) is 0 Å². The van der Waals surface area contributed by atoms with Gasteiger partial charge in [-0.15, -0.1) is 0 Å². The molecule has 0 saturated carbocycles. The normalized spacial score (nSPS) is 18.4. The van der Waals surface area contributed by atoms with E-state index in [1.165, 1.54) is 0 Å². The Morgan fingerprint density at radius 1 is 1.64 bits per heavy atom. The van der Waals surface area contributed by atoms with Gasteiger partial charge in [-0.1, -0.05) is 0 Å². The Morgan fingerprint density at radius 3 is 2.55 bits per heavy atom. The molecular formula is C7H13FN2S. The second kappa shape index (κ2) is 3.34. The second-order valence-electron chi connectivity index (χ2n) is 3.11. The molecule has 0 aromatic heterocycles. The number of alkyl halides is 1. The van der Waals surface area contributed by atoms with Gasteiger partial charge in [0.1, 0.15) is 6.17 Å². The van der Waals surface area contributed by atoms with Crippen LogP contribution in [0.15, 0.2) is 0 Å².